The quantitative estimate of drug-likeness (QED) is 0.552. The number of hydrogen-bond acceptors (Lipinski definition) is 3. The normalized spacial score (nSPS) is 21.7. The molecule has 1 aliphatic heterocycles. The second-order valence-corrected chi connectivity index (χ2v) is 9.73. The van der Waals surface area contributed by atoms with Crippen LogP contribution in [-0.4, -0.2) is 24.0 Å². The minimum absolute atomic E-state index is 0.0425. The number of hydrogen-bond donors (Lipinski definition) is 1. The largest absolute Gasteiger partial charge is 0.493 e. The molecule has 2 fully saturated rings. The van der Waals surface area contributed by atoms with Crippen molar-refractivity contribution in [3.63, 3.8) is 0 Å². The van der Waals surface area contributed by atoms with Gasteiger partial charge in [0.2, 0.25) is 0 Å². The highest BCUT2D eigenvalue weighted by molar-refractivity contribution is 5.45. The van der Waals surface area contributed by atoms with Crippen molar-refractivity contribution in [3.05, 3.63) is 76.5 Å². The summed E-state index contributed by atoms with van der Waals surface area (Å²) in [7, 11) is 0. The van der Waals surface area contributed by atoms with Gasteiger partial charge in [-0.05, 0) is 66.0 Å². The standard InChI is InChI=1S/C27H32F2N2O/c1-18-25-11-12-31(16-23(25)9-10-26(18)32-17-24-13-27(24,28)29)15-21-5-3-20(4-6-21)14-30-19(2)22-7-8-22/h3-6,9-10,22,24,30H,2,7-8,11-17H2,1H3. The van der Waals surface area contributed by atoms with Gasteiger partial charge >= 0.3 is 0 Å². The van der Waals surface area contributed by atoms with Crippen molar-refractivity contribution in [2.45, 2.75) is 58.2 Å². The number of nitrogens with zero attached hydrogens (tertiary/aromatic N) is 1. The van der Waals surface area contributed by atoms with E-state index in [2.05, 4.69) is 54.1 Å². The average molecular weight is 439 g/mol. The molecule has 3 nitrogen and oxygen atoms in total. The first-order valence-corrected chi connectivity index (χ1v) is 11.7. The van der Waals surface area contributed by atoms with Crippen LogP contribution in [0.2, 0.25) is 0 Å². The Balaban J connectivity index is 1.15. The van der Waals surface area contributed by atoms with Gasteiger partial charge in [0.1, 0.15) is 5.75 Å². The Labute approximate surface area is 189 Å². The number of rotatable bonds is 9. The van der Waals surface area contributed by atoms with E-state index in [-0.39, 0.29) is 13.0 Å². The summed E-state index contributed by atoms with van der Waals surface area (Å²) < 4.78 is 32.0. The van der Waals surface area contributed by atoms with Gasteiger partial charge in [-0.25, -0.2) is 8.78 Å². The number of allylic oxidation sites excluding steroid dienone is 1. The molecule has 3 aliphatic rings. The van der Waals surface area contributed by atoms with E-state index >= 15 is 0 Å². The van der Waals surface area contributed by atoms with E-state index in [0.29, 0.717) is 5.92 Å². The maximum atomic E-state index is 13.1. The topological polar surface area (TPSA) is 24.5 Å². The molecule has 1 heterocycles. The van der Waals surface area contributed by atoms with Gasteiger partial charge in [-0.2, -0.15) is 0 Å². The van der Waals surface area contributed by atoms with Gasteiger partial charge in [-0.15, -0.1) is 0 Å². The second-order valence-electron chi connectivity index (χ2n) is 9.73. The molecule has 0 radical (unpaired) electrons. The van der Waals surface area contributed by atoms with E-state index in [4.69, 9.17) is 4.74 Å². The molecule has 0 spiro atoms. The number of benzene rings is 2. The molecule has 1 unspecified atom stereocenters. The first kappa shape index (κ1) is 21.4. The Morgan fingerprint density at radius 1 is 1.16 bits per heavy atom. The van der Waals surface area contributed by atoms with Crippen molar-refractivity contribution in [1.82, 2.24) is 10.2 Å². The molecule has 1 N–H and O–H groups in total. The van der Waals surface area contributed by atoms with Crippen LogP contribution in [0.15, 0.2) is 48.7 Å². The Kier molecular flexibility index (Phi) is 5.70. The number of alkyl halides is 2. The fourth-order valence-corrected chi connectivity index (χ4v) is 4.62. The van der Waals surface area contributed by atoms with Crippen LogP contribution < -0.4 is 10.1 Å². The molecule has 5 rings (SSSR count). The highest BCUT2D eigenvalue weighted by atomic mass is 19.3. The minimum Gasteiger partial charge on any atom is -0.493 e. The van der Waals surface area contributed by atoms with E-state index in [0.717, 1.165) is 43.9 Å². The van der Waals surface area contributed by atoms with Gasteiger partial charge in [0.25, 0.3) is 5.92 Å². The molecule has 0 bridgehead atoms. The molecule has 32 heavy (non-hydrogen) atoms. The second kappa shape index (κ2) is 8.51. The lowest BCUT2D eigenvalue weighted by atomic mass is 9.94. The first-order chi connectivity index (χ1) is 15.4. The fourth-order valence-electron chi connectivity index (χ4n) is 4.62. The van der Waals surface area contributed by atoms with E-state index in [1.54, 1.807) is 0 Å². The smallest absolute Gasteiger partial charge is 0.255 e. The molecule has 0 amide bonds. The highest BCUT2D eigenvalue weighted by Gasteiger charge is 2.57. The Hall–Kier alpha value is -2.40. The van der Waals surface area contributed by atoms with Gasteiger partial charge < -0.3 is 10.1 Å². The fraction of sp³-hybridized carbons (Fsp3) is 0.481. The summed E-state index contributed by atoms with van der Waals surface area (Å²) in [4.78, 5) is 2.47. The molecule has 5 heteroatoms. The third kappa shape index (κ3) is 4.83. The van der Waals surface area contributed by atoms with E-state index in [9.17, 15) is 8.78 Å². The maximum Gasteiger partial charge on any atom is 0.255 e. The van der Waals surface area contributed by atoms with Crippen molar-refractivity contribution in [1.29, 1.82) is 0 Å². The average Bonchev–Trinajstić information content (AvgIpc) is 3.70. The predicted octanol–water partition coefficient (Wildman–Crippen LogP) is 5.60. The molecule has 2 aliphatic carbocycles. The maximum absolute atomic E-state index is 13.1. The summed E-state index contributed by atoms with van der Waals surface area (Å²) >= 11 is 0. The van der Waals surface area contributed by atoms with Crippen molar-refractivity contribution in [3.8, 4) is 5.75 Å². The molecule has 0 saturated heterocycles. The molecular formula is C27H32F2N2O. The SMILES string of the molecule is C=C(NCc1ccc(CN2CCc3c(ccc(OCC4CC4(F)F)c3C)C2)cc1)C1CC1. The van der Waals surface area contributed by atoms with Crippen LogP contribution in [0.1, 0.15) is 47.1 Å². The van der Waals surface area contributed by atoms with Crippen LogP contribution in [0, 0.1) is 18.8 Å². The van der Waals surface area contributed by atoms with Crippen molar-refractivity contribution >= 4 is 0 Å². The third-order valence-corrected chi connectivity index (χ3v) is 7.13. The molecule has 170 valence electrons. The Morgan fingerprint density at radius 2 is 1.88 bits per heavy atom. The van der Waals surface area contributed by atoms with Crippen molar-refractivity contribution < 1.29 is 13.5 Å². The van der Waals surface area contributed by atoms with Crippen LogP contribution in [-0.2, 0) is 26.1 Å². The van der Waals surface area contributed by atoms with Crippen LogP contribution in [0.25, 0.3) is 0 Å². The number of fused-ring (bicyclic) bond motifs is 1. The lowest BCUT2D eigenvalue weighted by molar-refractivity contribution is 0.0854. The van der Waals surface area contributed by atoms with Crippen LogP contribution in [0.5, 0.6) is 5.75 Å². The molecule has 2 aromatic carbocycles. The van der Waals surface area contributed by atoms with Crippen LogP contribution in [0.3, 0.4) is 0 Å². The molecule has 2 aromatic rings. The Morgan fingerprint density at radius 3 is 2.56 bits per heavy atom. The van der Waals surface area contributed by atoms with E-state index < -0.39 is 11.8 Å². The highest BCUT2D eigenvalue weighted by Crippen LogP contribution is 2.48. The molecule has 0 aromatic heterocycles. The zero-order valence-electron chi connectivity index (χ0n) is 18.8. The molecular weight excluding hydrogens is 406 g/mol. The Bertz CT molecular complexity index is 997. The molecule has 1 atom stereocenters. The lowest BCUT2D eigenvalue weighted by Crippen LogP contribution is -2.30. The van der Waals surface area contributed by atoms with Gasteiger partial charge in [0.15, 0.2) is 0 Å². The summed E-state index contributed by atoms with van der Waals surface area (Å²) in [5.74, 6) is -1.70. The van der Waals surface area contributed by atoms with Gasteiger partial charge in [-0.3, -0.25) is 4.90 Å². The van der Waals surface area contributed by atoms with Crippen LogP contribution >= 0.6 is 0 Å². The summed E-state index contributed by atoms with van der Waals surface area (Å²) in [5, 5.41) is 3.45. The zero-order valence-corrected chi connectivity index (χ0v) is 18.8. The van der Waals surface area contributed by atoms with Crippen LogP contribution in [0.4, 0.5) is 8.78 Å². The van der Waals surface area contributed by atoms with Crippen molar-refractivity contribution in [2.75, 3.05) is 13.2 Å². The lowest BCUT2D eigenvalue weighted by Gasteiger charge is -2.30. The summed E-state index contributed by atoms with van der Waals surface area (Å²) in [6, 6.07) is 12.9. The monoisotopic (exact) mass is 438 g/mol. The summed E-state index contributed by atoms with van der Waals surface area (Å²) in [6.45, 7) is 9.95. The van der Waals surface area contributed by atoms with E-state index in [1.807, 2.05) is 6.07 Å². The van der Waals surface area contributed by atoms with Gasteiger partial charge in [0, 0.05) is 38.3 Å². The van der Waals surface area contributed by atoms with E-state index in [1.165, 1.54) is 40.8 Å². The zero-order chi connectivity index (χ0) is 22.3. The minimum atomic E-state index is -2.53. The van der Waals surface area contributed by atoms with Gasteiger partial charge in [-0.1, -0.05) is 36.9 Å². The molecule has 2 saturated carbocycles. The van der Waals surface area contributed by atoms with Crippen molar-refractivity contribution in [2.24, 2.45) is 11.8 Å². The number of ether oxygens (including phenoxy) is 1. The van der Waals surface area contributed by atoms with Gasteiger partial charge in [0.05, 0.1) is 12.5 Å². The summed E-state index contributed by atoms with van der Waals surface area (Å²) in [5.41, 5.74) is 7.52. The number of halogens is 2. The summed E-state index contributed by atoms with van der Waals surface area (Å²) in [6.07, 6.45) is 3.47. The third-order valence-electron chi connectivity index (χ3n) is 7.13. The number of nitrogens with one attached hydrogen (secondary N) is 1. The predicted molar refractivity (Wildman–Crippen MR) is 123 cm³/mol. The first-order valence-electron chi connectivity index (χ1n) is 11.7.